The van der Waals surface area contributed by atoms with E-state index in [4.69, 9.17) is 4.55 Å². The van der Waals surface area contributed by atoms with Gasteiger partial charge in [0.05, 0.1) is 0 Å². The van der Waals surface area contributed by atoms with Gasteiger partial charge in [-0.3, -0.25) is 4.55 Å². The molecule has 0 radical (unpaired) electrons. The first-order chi connectivity index (χ1) is 9.49. The first kappa shape index (κ1) is 16.3. The van der Waals surface area contributed by atoms with Crippen LogP contribution in [0.2, 0.25) is 0 Å². The lowest BCUT2D eigenvalue weighted by molar-refractivity contribution is -0.0433. The fourth-order valence-electron chi connectivity index (χ4n) is 2.23. The minimum atomic E-state index is -5.28. The third-order valence-corrected chi connectivity index (χ3v) is 7.34. The second kappa shape index (κ2) is 5.01. The van der Waals surface area contributed by atoms with Crippen molar-refractivity contribution in [1.82, 2.24) is 0 Å². The summed E-state index contributed by atoms with van der Waals surface area (Å²) >= 11 is 0. The first-order valence-electron chi connectivity index (χ1n) is 5.88. The number of allylic oxidation sites excluding steroid dienone is 1. The van der Waals surface area contributed by atoms with Crippen molar-refractivity contribution in [1.29, 1.82) is 0 Å². The smallest absolute Gasteiger partial charge is 0.263 e. The van der Waals surface area contributed by atoms with E-state index in [-0.39, 0.29) is 15.4 Å². The molecule has 1 aromatic carbocycles. The Labute approximate surface area is 122 Å². The van der Waals surface area contributed by atoms with Gasteiger partial charge in [0.2, 0.25) is 0 Å². The summed E-state index contributed by atoms with van der Waals surface area (Å²) in [6.07, 6.45) is 1.29. The number of hydrogen-bond donors (Lipinski definition) is 1. The Bertz CT molecular complexity index is 695. The summed E-state index contributed by atoms with van der Waals surface area (Å²) < 4.78 is 76.4. The van der Waals surface area contributed by atoms with Crippen molar-refractivity contribution in [2.75, 3.05) is 0 Å². The standard InChI is InChI=1S/C12H13F3O4S2/c1-8(2)11-7-9-5-3-4-6-10(9)20(11,12(13,14)15)19-21(16,17)18/h3-8H,1-2H3,(H,16,17,18). The Morgan fingerprint density at radius 1 is 1.24 bits per heavy atom. The third-order valence-electron chi connectivity index (χ3n) is 2.94. The maximum absolute atomic E-state index is 13.7. The highest BCUT2D eigenvalue weighted by Crippen LogP contribution is 2.78. The molecule has 1 heterocycles. The molecule has 21 heavy (non-hydrogen) atoms. The molecular weight excluding hydrogens is 329 g/mol. The van der Waals surface area contributed by atoms with Crippen LogP contribution in [-0.4, -0.2) is 18.5 Å². The van der Waals surface area contributed by atoms with Crippen molar-refractivity contribution in [3.05, 3.63) is 34.7 Å². The van der Waals surface area contributed by atoms with Gasteiger partial charge >= 0.3 is 15.9 Å². The number of rotatable bonds is 3. The minimum absolute atomic E-state index is 0.186. The minimum Gasteiger partial charge on any atom is -0.263 e. The molecule has 2 rings (SSSR count). The van der Waals surface area contributed by atoms with Crippen molar-refractivity contribution in [2.45, 2.75) is 24.3 Å². The largest absolute Gasteiger partial charge is 0.456 e. The average Bonchev–Trinajstić information content (AvgIpc) is 2.63. The van der Waals surface area contributed by atoms with Gasteiger partial charge in [-0.2, -0.15) is 25.2 Å². The van der Waals surface area contributed by atoms with Crippen LogP contribution >= 0.6 is 10.3 Å². The molecular formula is C12H13F3O4S2. The zero-order valence-electron chi connectivity index (χ0n) is 11.1. The monoisotopic (exact) mass is 342 g/mol. The van der Waals surface area contributed by atoms with E-state index in [0.717, 1.165) is 0 Å². The molecule has 0 saturated carbocycles. The predicted octanol–water partition coefficient (Wildman–Crippen LogP) is 4.11. The summed E-state index contributed by atoms with van der Waals surface area (Å²) in [5.41, 5.74) is -4.72. The molecule has 0 amide bonds. The quantitative estimate of drug-likeness (QED) is 0.840. The van der Waals surface area contributed by atoms with E-state index in [9.17, 15) is 21.6 Å². The number of halogens is 3. The normalized spacial score (nSPS) is 25.4. The van der Waals surface area contributed by atoms with Crippen molar-refractivity contribution in [3.8, 4) is 0 Å². The topological polar surface area (TPSA) is 63.6 Å². The zero-order valence-corrected chi connectivity index (χ0v) is 12.7. The molecule has 1 aromatic rings. The molecule has 1 unspecified atom stereocenters. The molecule has 1 aliphatic rings. The molecule has 1 atom stereocenters. The van der Waals surface area contributed by atoms with E-state index in [2.05, 4.69) is 3.63 Å². The van der Waals surface area contributed by atoms with E-state index < -0.39 is 32.1 Å². The second-order valence-corrected chi connectivity index (χ2v) is 8.62. The lowest BCUT2D eigenvalue weighted by atomic mass is 10.1. The average molecular weight is 342 g/mol. The van der Waals surface area contributed by atoms with Crippen LogP contribution in [0.4, 0.5) is 13.2 Å². The van der Waals surface area contributed by atoms with Crippen molar-refractivity contribution in [3.63, 3.8) is 0 Å². The Morgan fingerprint density at radius 2 is 1.81 bits per heavy atom. The highest BCUT2D eigenvalue weighted by molar-refractivity contribution is 8.36. The Kier molecular flexibility index (Phi) is 3.90. The van der Waals surface area contributed by atoms with Crippen LogP contribution in [0.3, 0.4) is 0 Å². The maximum Gasteiger partial charge on any atom is 0.456 e. The van der Waals surface area contributed by atoms with Gasteiger partial charge < -0.3 is 0 Å². The van der Waals surface area contributed by atoms with E-state index in [1.54, 1.807) is 6.07 Å². The molecule has 118 valence electrons. The van der Waals surface area contributed by atoms with Crippen LogP contribution in [0.25, 0.3) is 6.08 Å². The van der Waals surface area contributed by atoms with Crippen LogP contribution in [0, 0.1) is 5.92 Å². The first-order valence-corrected chi connectivity index (χ1v) is 8.80. The van der Waals surface area contributed by atoms with Gasteiger partial charge in [0, 0.05) is 20.1 Å². The number of benzene rings is 1. The fraction of sp³-hybridized carbons (Fsp3) is 0.333. The van der Waals surface area contributed by atoms with Gasteiger partial charge in [-0.15, -0.1) is 0 Å². The number of alkyl halides is 3. The Hall–Kier alpha value is -1.03. The SMILES string of the molecule is CC(C)C1=Cc2ccccc2S1(OS(=O)(=O)O)C(F)(F)F. The van der Waals surface area contributed by atoms with Gasteiger partial charge in [-0.1, -0.05) is 32.0 Å². The van der Waals surface area contributed by atoms with Gasteiger partial charge in [0.1, 0.15) is 0 Å². The molecule has 1 N–H and O–H groups in total. The Balaban J connectivity index is 2.80. The summed E-state index contributed by atoms with van der Waals surface area (Å²) in [6.45, 7) is 3.02. The summed E-state index contributed by atoms with van der Waals surface area (Å²) in [7, 11) is -9.59. The van der Waals surface area contributed by atoms with Gasteiger partial charge in [-0.25, -0.2) is 0 Å². The molecule has 0 saturated heterocycles. The molecule has 0 fully saturated rings. The molecule has 1 aliphatic heterocycles. The lowest BCUT2D eigenvalue weighted by Crippen LogP contribution is -2.27. The molecule has 4 nitrogen and oxygen atoms in total. The zero-order chi connectivity index (χ0) is 16.1. The van der Waals surface area contributed by atoms with E-state index in [1.807, 2.05) is 0 Å². The van der Waals surface area contributed by atoms with Gasteiger partial charge in [0.25, 0.3) is 0 Å². The summed E-state index contributed by atoms with van der Waals surface area (Å²) in [4.78, 5) is -0.451. The van der Waals surface area contributed by atoms with Crippen molar-refractivity contribution < 1.29 is 29.8 Å². The van der Waals surface area contributed by atoms with E-state index in [1.165, 1.54) is 38.1 Å². The highest BCUT2D eigenvalue weighted by Gasteiger charge is 2.61. The Morgan fingerprint density at radius 3 is 2.29 bits per heavy atom. The fourth-order valence-corrected chi connectivity index (χ4v) is 6.63. The van der Waals surface area contributed by atoms with E-state index in [0.29, 0.717) is 0 Å². The van der Waals surface area contributed by atoms with Crippen molar-refractivity contribution in [2.24, 2.45) is 5.92 Å². The van der Waals surface area contributed by atoms with Crippen molar-refractivity contribution >= 4 is 26.8 Å². The lowest BCUT2D eigenvalue weighted by Gasteiger charge is -2.39. The van der Waals surface area contributed by atoms with Crippen LogP contribution in [0.5, 0.6) is 0 Å². The summed E-state index contributed by atoms with van der Waals surface area (Å²) in [5.74, 6) is -0.601. The van der Waals surface area contributed by atoms with Crippen LogP contribution < -0.4 is 0 Å². The van der Waals surface area contributed by atoms with Crippen LogP contribution in [0.15, 0.2) is 34.1 Å². The summed E-state index contributed by atoms with van der Waals surface area (Å²) in [6, 6.07) is 5.55. The molecule has 0 aliphatic carbocycles. The molecule has 0 bridgehead atoms. The molecule has 0 spiro atoms. The molecule has 0 aromatic heterocycles. The predicted molar refractivity (Wildman–Crippen MR) is 73.8 cm³/mol. The van der Waals surface area contributed by atoms with Gasteiger partial charge in [0.15, 0.2) is 0 Å². The number of fused-ring (bicyclic) bond motifs is 1. The van der Waals surface area contributed by atoms with E-state index >= 15 is 0 Å². The van der Waals surface area contributed by atoms with Gasteiger partial charge in [-0.05, 0) is 23.6 Å². The molecule has 9 heteroatoms. The second-order valence-electron chi connectivity index (χ2n) is 4.74. The van der Waals surface area contributed by atoms with Crippen LogP contribution in [0.1, 0.15) is 19.4 Å². The number of hydrogen-bond acceptors (Lipinski definition) is 3. The van der Waals surface area contributed by atoms with Crippen LogP contribution in [-0.2, 0) is 14.0 Å². The maximum atomic E-state index is 13.7. The summed E-state index contributed by atoms with van der Waals surface area (Å²) in [5, 5.41) is 0. The third kappa shape index (κ3) is 2.70. The highest BCUT2D eigenvalue weighted by atomic mass is 32.3.